The molecule has 0 N–H and O–H groups in total. The number of benzene rings is 2. The first-order valence-corrected chi connectivity index (χ1v) is 7.60. The zero-order valence-electron chi connectivity index (χ0n) is 13.2. The highest BCUT2D eigenvalue weighted by atomic mass is 35.5. The number of halogens is 1. The fourth-order valence-corrected chi connectivity index (χ4v) is 2.43. The molecule has 0 spiro atoms. The molecule has 122 valence electrons. The van der Waals surface area contributed by atoms with E-state index in [0.717, 1.165) is 5.75 Å². The van der Waals surface area contributed by atoms with Crippen molar-refractivity contribution in [1.29, 1.82) is 0 Å². The number of methoxy groups -OCH3 is 1. The Kier molecular flexibility index (Phi) is 4.53. The zero-order valence-corrected chi connectivity index (χ0v) is 13.9. The number of carbonyl (C=O) groups is 1. The number of hydrogen-bond acceptors (Lipinski definition) is 4. The van der Waals surface area contributed by atoms with Crippen LogP contribution in [-0.2, 0) is 7.05 Å². The molecule has 6 heteroatoms. The molecule has 2 aromatic carbocycles. The summed E-state index contributed by atoms with van der Waals surface area (Å²) in [5, 5.41) is 0.353. The summed E-state index contributed by atoms with van der Waals surface area (Å²) in [6.07, 6.45) is 3.30. The van der Waals surface area contributed by atoms with Gasteiger partial charge >= 0.3 is 0 Å². The van der Waals surface area contributed by atoms with Gasteiger partial charge in [-0.15, -0.1) is 0 Å². The lowest BCUT2D eigenvalue weighted by Crippen LogP contribution is -2.08. The summed E-state index contributed by atoms with van der Waals surface area (Å²) in [7, 11) is 3.37. The van der Waals surface area contributed by atoms with Crippen molar-refractivity contribution in [2.75, 3.05) is 7.11 Å². The molecule has 0 saturated heterocycles. The normalized spacial score (nSPS) is 10.5. The molecule has 0 radical (unpaired) electrons. The maximum atomic E-state index is 12.4. The van der Waals surface area contributed by atoms with Gasteiger partial charge < -0.3 is 14.0 Å². The number of ketones is 1. The Morgan fingerprint density at radius 3 is 2.42 bits per heavy atom. The molecule has 0 saturated carbocycles. The molecule has 3 aromatic rings. The summed E-state index contributed by atoms with van der Waals surface area (Å²) in [6.45, 7) is 0. The Morgan fingerprint density at radius 2 is 1.83 bits per heavy atom. The Hall–Kier alpha value is -2.79. The Morgan fingerprint density at radius 1 is 1.12 bits per heavy atom. The lowest BCUT2D eigenvalue weighted by molar-refractivity contribution is 0.102. The van der Waals surface area contributed by atoms with Gasteiger partial charge in [-0.3, -0.25) is 4.79 Å². The average molecular weight is 343 g/mol. The fraction of sp³-hybridized carbons (Fsp3) is 0.111. The van der Waals surface area contributed by atoms with E-state index in [-0.39, 0.29) is 5.78 Å². The summed E-state index contributed by atoms with van der Waals surface area (Å²) in [6, 6.07) is 12.1. The van der Waals surface area contributed by atoms with E-state index in [9.17, 15) is 4.79 Å². The van der Waals surface area contributed by atoms with Crippen LogP contribution in [0.15, 0.2) is 54.9 Å². The number of carbonyl (C=O) groups excluding carboxylic acids is 1. The summed E-state index contributed by atoms with van der Waals surface area (Å²) in [5.41, 5.74) is 0.455. The molecule has 0 bridgehead atoms. The van der Waals surface area contributed by atoms with E-state index in [0.29, 0.717) is 27.9 Å². The van der Waals surface area contributed by atoms with Gasteiger partial charge in [0.2, 0.25) is 5.78 Å². The van der Waals surface area contributed by atoms with Crippen LogP contribution in [0, 0.1) is 0 Å². The molecule has 0 aliphatic rings. The highest BCUT2D eigenvalue weighted by Crippen LogP contribution is 2.31. The summed E-state index contributed by atoms with van der Waals surface area (Å²) >= 11 is 6.25. The molecule has 0 atom stereocenters. The molecule has 3 rings (SSSR count). The van der Waals surface area contributed by atoms with Gasteiger partial charge in [0.05, 0.1) is 12.1 Å². The van der Waals surface area contributed by atoms with E-state index in [1.54, 1.807) is 73.6 Å². The summed E-state index contributed by atoms with van der Waals surface area (Å²) in [5.74, 6) is 2.00. The Labute approximate surface area is 144 Å². The van der Waals surface area contributed by atoms with Gasteiger partial charge in [-0.25, -0.2) is 4.98 Å². The smallest absolute Gasteiger partial charge is 0.228 e. The third-order valence-electron chi connectivity index (χ3n) is 3.51. The molecule has 0 fully saturated rings. The molecular formula is C18H15ClN2O3. The second kappa shape index (κ2) is 6.76. The van der Waals surface area contributed by atoms with Crippen LogP contribution < -0.4 is 9.47 Å². The Bertz CT molecular complexity index is 872. The van der Waals surface area contributed by atoms with Crippen molar-refractivity contribution in [2.24, 2.45) is 7.05 Å². The van der Waals surface area contributed by atoms with Gasteiger partial charge in [-0.1, -0.05) is 11.6 Å². The third kappa shape index (κ3) is 3.26. The van der Waals surface area contributed by atoms with Gasteiger partial charge in [0, 0.05) is 25.0 Å². The van der Waals surface area contributed by atoms with Crippen molar-refractivity contribution in [3.8, 4) is 17.2 Å². The predicted molar refractivity (Wildman–Crippen MR) is 91.2 cm³/mol. The number of rotatable bonds is 5. The minimum atomic E-state index is -0.194. The van der Waals surface area contributed by atoms with Crippen LogP contribution in [0.1, 0.15) is 16.2 Å². The number of hydrogen-bond donors (Lipinski definition) is 0. The number of nitrogens with zero attached hydrogens (tertiary/aromatic N) is 2. The van der Waals surface area contributed by atoms with Crippen LogP contribution in [0.5, 0.6) is 17.2 Å². The first-order valence-electron chi connectivity index (χ1n) is 7.22. The fourth-order valence-electron chi connectivity index (χ4n) is 2.21. The number of aryl methyl sites for hydroxylation is 1. The van der Waals surface area contributed by atoms with Crippen molar-refractivity contribution in [2.45, 2.75) is 0 Å². The van der Waals surface area contributed by atoms with Crippen LogP contribution in [0.4, 0.5) is 0 Å². The van der Waals surface area contributed by atoms with Crippen LogP contribution in [-0.4, -0.2) is 22.4 Å². The molecule has 0 aliphatic heterocycles. The molecule has 5 nitrogen and oxygen atoms in total. The number of aromatic nitrogens is 2. The molecule has 0 unspecified atom stereocenters. The summed E-state index contributed by atoms with van der Waals surface area (Å²) < 4.78 is 12.5. The van der Waals surface area contributed by atoms with Crippen molar-refractivity contribution < 1.29 is 14.3 Å². The largest absolute Gasteiger partial charge is 0.497 e. The second-order valence-corrected chi connectivity index (χ2v) is 5.52. The highest BCUT2D eigenvalue weighted by Gasteiger charge is 2.15. The first-order chi connectivity index (χ1) is 11.6. The topological polar surface area (TPSA) is 53.4 Å². The minimum Gasteiger partial charge on any atom is -0.497 e. The van der Waals surface area contributed by atoms with Crippen molar-refractivity contribution in [1.82, 2.24) is 9.55 Å². The monoisotopic (exact) mass is 342 g/mol. The Balaban J connectivity index is 1.81. The van der Waals surface area contributed by atoms with Crippen LogP contribution in [0.3, 0.4) is 0 Å². The minimum absolute atomic E-state index is 0.194. The molecule has 24 heavy (non-hydrogen) atoms. The maximum absolute atomic E-state index is 12.4. The van der Waals surface area contributed by atoms with Gasteiger partial charge in [0.15, 0.2) is 5.82 Å². The van der Waals surface area contributed by atoms with E-state index >= 15 is 0 Å². The average Bonchev–Trinajstić information content (AvgIpc) is 3.02. The molecular weight excluding hydrogens is 328 g/mol. The summed E-state index contributed by atoms with van der Waals surface area (Å²) in [4.78, 5) is 16.5. The molecule has 1 heterocycles. The highest BCUT2D eigenvalue weighted by molar-refractivity contribution is 6.32. The van der Waals surface area contributed by atoms with Gasteiger partial charge in [0.25, 0.3) is 0 Å². The molecule has 0 aliphatic carbocycles. The predicted octanol–water partition coefficient (Wildman–Crippen LogP) is 4.11. The number of ether oxygens (including phenoxy) is 2. The first kappa shape index (κ1) is 16.1. The van der Waals surface area contributed by atoms with E-state index in [1.165, 1.54) is 0 Å². The maximum Gasteiger partial charge on any atom is 0.228 e. The SMILES string of the molecule is COc1ccc(Oc2ccc(C(=O)c3nccn3C)cc2Cl)cc1. The van der Waals surface area contributed by atoms with Crippen molar-refractivity contribution in [3.05, 3.63) is 71.3 Å². The quantitative estimate of drug-likeness (QED) is 0.655. The van der Waals surface area contributed by atoms with E-state index in [4.69, 9.17) is 21.1 Å². The second-order valence-electron chi connectivity index (χ2n) is 5.11. The number of imidazole rings is 1. The lowest BCUT2D eigenvalue weighted by Gasteiger charge is -2.09. The van der Waals surface area contributed by atoms with Gasteiger partial charge in [0.1, 0.15) is 17.2 Å². The van der Waals surface area contributed by atoms with E-state index in [2.05, 4.69) is 4.98 Å². The molecule has 1 aromatic heterocycles. The standard InChI is InChI=1S/C18H15ClN2O3/c1-21-10-9-20-18(21)17(22)12-3-8-16(15(19)11-12)24-14-6-4-13(23-2)5-7-14/h3-11H,1-2H3. The van der Waals surface area contributed by atoms with Crippen LogP contribution in [0.2, 0.25) is 5.02 Å². The van der Waals surface area contributed by atoms with Gasteiger partial charge in [-0.05, 0) is 42.5 Å². The molecule has 0 amide bonds. The van der Waals surface area contributed by atoms with Crippen LogP contribution >= 0.6 is 11.6 Å². The van der Waals surface area contributed by atoms with Crippen molar-refractivity contribution >= 4 is 17.4 Å². The van der Waals surface area contributed by atoms with E-state index in [1.807, 2.05) is 0 Å². The van der Waals surface area contributed by atoms with E-state index < -0.39 is 0 Å². The lowest BCUT2D eigenvalue weighted by atomic mass is 10.1. The van der Waals surface area contributed by atoms with Gasteiger partial charge in [-0.2, -0.15) is 0 Å². The van der Waals surface area contributed by atoms with Crippen molar-refractivity contribution in [3.63, 3.8) is 0 Å². The van der Waals surface area contributed by atoms with Crippen LogP contribution in [0.25, 0.3) is 0 Å². The zero-order chi connectivity index (χ0) is 17.1. The third-order valence-corrected chi connectivity index (χ3v) is 3.80.